The summed E-state index contributed by atoms with van der Waals surface area (Å²) in [7, 11) is 0. The molecular weight excluding hydrogens is 234 g/mol. The quantitative estimate of drug-likeness (QED) is 0.793. The summed E-state index contributed by atoms with van der Waals surface area (Å²) in [6.07, 6.45) is 4.00. The van der Waals surface area contributed by atoms with Crippen LogP contribution in [0.5, 0.6) is 0 Å². The number of nitrogens with zero attached hydrogens (tertiary/aromatic N) is 1. The highest BCUT2D eigenvalue weighted by Gasteiger charge is 2.56. The molecule has 18 heavy (non-hydrogen) atoms. The van der Waals surface area contributed by atoms with Crippen molar-refractivity contribution in [2.24, 2.45) is 11.3 Å². The van der Waals surface area contributed by atoms with E-state index in [0.29, 0.717) is 26.1 Å². The second-order valence-electron chi connectivity index (χ2n) is 5.77. The van der Waals surface area contributed by atoms with Gasteiger partial charge >= 0.3 is 5.97 Å². The van der Waals surface area contributed by atoms with Gasteiger partial charge in [-0.05, 0) is 31.6 Å². The molecule has 2 saturated heterocycles. The Bertz CT molecular complexity index is 377. The molecule has 0 aromatic rings. The van der Waals surface area contributed by atoms with E-state index in [1.807, 2.05) is 0 Å². The van der Waals surface area contributed by atoms with Crippen molar-refractivity contribution in [1.29, 1.82) is 0 Å². The number of carboxylic acids is 1. The third kappa shape index (κ3) is 1.64. The van der Waals surface area contributed by atoms with Gasteiger partial charge in [0.25, 0.3) is 5.91 Å². The Balaban J connectivity index is 1.74. The molecule has 3 fully saturated rings. The number of hydrogen-bond acceptors (Lipinski definition) is 3. The average molecular weight is 253 g/mol. The largest absolute Gasteiger partial charge is 0.481 e. The second-order valence-corrected chi connectivity index (χ2v) is 5.77. The molecule has 2 aliphatic heterocycles. The van der Waals surface area contributed by atoms with Crippen LogP contribution in [0.1, 0.15) is 32.1 Å². The first-order valence-electron chi connectivity index (χ1n) is 6.77. The smallest absolute Gasteiger partial charge is 0.311 e. The number of amides is 1. The Morgan fingerprint density at radius 2 is 2.11 bits per heavy atom. The number of fused-ring (bicyclic) bond motifs is 1. The van der Waals surface area contributed by atoms with Crippen LogP contribution in [0, 0.1) is 11.3 Å². The van der Waals surface area contributed by atoms with Crippen LogP contribution in [-0.2, 0) is 14.3 Å². The molecule has 1 unspecified atom stereocenters. The molecule has 100 valence electrons. The van der Waals surface area contributed by atoms with Crippen molar-refractivity contribution in [1.82, 2.24) is 4.90 Å². The fourth-order valence-electron chi connectivity index (χ4n) is 3.78. The Morgan fingerprint density at radius 3 is 2.72 bits per heavy atom. The van der Waals surface area contributed by atoms with Crippen molar-refractivity contribution in [3.63, 3.8) is 0 Å². The van der Waals surface area contributed by atoms with Crippen LogP contribution in [0.15, 0.2) is 0 Å². The average Bonchev–Trinajstić information content (AvgIpc) is 3.03. The molecule has 0 aromatic heterocycles. The van der Waals surface area contributed by atoms with E-state index in [-0.39, 0.29) is 17.9 Å². The van der Waals surface area contributed by atoms with E-state index >= 15 is 0 Å². The molecule has 3 rings (SSSR count). The maximum absolute atomic E-state index is 12.3. The van der Waals surface area contributed by atoms with Crippen LogP contribution >= 0.6 is 0 Å². The minimum absolute atomic E-state index is 0.00234. The Morgan fingerprint density at radius 1 is 1.28 bits per heavy atom. The van der Waals surface area contributed by atoms with Gasteiger partial charge in [-0.3, -0.25) is 9.59 Å². The fraction of sp³-hybridized carbons (Fsp3) is 0.846. The topological polar surface area (TPSA) is 66.8 Å². The molecule has 1 aliphatic carbocycles. The number of ether oxygens (including phenoxy) is 1. The number of hydrogen-bond donors (Lipinski definition) is 1. The Hall–Kier alpha value is -1.10. The van der Waals surface area contributed by atoms with Gasteiger partial charge in [-0.15, -0.1) is 0 Å². The zero-order valence-electron chi connectivity index (χ0n) is 10.4. The third-order valence-electron chi connectivity index (χ3n) is 4.81. The predicted octanol–water partition coefficient (Wildman–Crippen LogP) is 0.879. The molecule has 0 radical (unpaired) electrons. The summed E-state index contributed by atoms with van der Waals surface area (Å²) in [6.45, 7) is 1.63. The summed E-state index contributed by atoms with van der Waals surface area (Å²) >= 11 is 0. The van der Waals surface area contributed by atoms with Crippen LogP contribution in [0.2, 0.25) is 0 Å². The second kappa shape index (κ2) is 4.23. The highest BCUT2D eigenvalue weighted by molar-refractivity contribution is 5.84. The highest BCUT2D eigenvalue weighted by Crippen LogP contribution is 2.49. The lowest BCUT2D eigenvalue weighted by atomic mass is 9.81. The molecule has 3 aliphatic rings. The van der Waals surface area contributed by atoms with Gasteiger partial charge < -0.3 is 14.7 Å². The standard InChI is InChI=1S/C13H19NO4/c15-11(10-4-2-6-18-10)14-7-9-3-1-5-13(9,8-14)12(16)17/h9-10H,1-8H2,(H,16,17)/t9-,10?,13+/m0/s1. The van der Waals surface area contributed by atoms with Crippen molar-refractivity contribution in [3.05, 3.63) is 0 Å². The molecule has 1 amide bonds. The zero-order chi connectivity index (χ0) is 12.8. The number of likely N-dealkylation sites (tertiary alicyclic amines) is 1. The SMILES string of the molecule is O=C(C1CCCO1)N1C[C@@H]2CCC[C@@]2(C(=O)O)C1. The van der Waals surface area contributed by atoms with E-state index in [1.165, 1.54) is 0 Å². The van der Waals surface area contributed by atoms with E-state index in [1.54, 1.807) is 4.90 Å². The van der Waals surface area contributed by atoms with Gasteiger partial charge in [-0.2, -0.15) is 0 Å². The molecule has 1 N–H and O–H groups in total. The van der Waals surface area contributed by atoms with Crippen molar-refractivity contribution < 1.29 is 19.4 Å². The van der Waals surface area contributed by atoms with Crippen LogP contribution in [0.25, 0.3) is 0 Å². The lowest BCUT2D eigenvalue weighted by molar-refractivity contribution is -0.150. The van der Waals surface area contributed by atoms with E-state index in [0.717, 1.165) is 25.7 Å². The van der Waals surface area contributed by atoms with Crippen molar-refractivity contribution in [3.8, 4) is 0 Å². The maximum Gasteiger partial charge on any atom is 0.311 e. The van der Waals surface area contributed by atoms with Crippen LogP contribution in [-0.4, -0.2) is 47.7 Å². The molecule has 0 spiro atoms. The molecule has 2 heterocycles. The fourth-order valence-corrected chi connectivity index (χ4v) is 3.78. The number of carbonyl (C=O) groups excluding carboxylic acids is 1. The molecule has 0 bridgehead atoms. The number of rotatable bonds is 2. The van der Waals surface area contributed by atoms with E-state index in [4.69, 9.17) is 4.74 Å². The number of carboxylic acid groups (broad SMARTS) is 1. The Kier molecular flexibility index (Phi) is 2.81. The minimum Gasteiger partial charge on any atom is -0.481 e. The first kappa shape index (κ1) is 12.0. The van der Waals surface area contributed by atoms with Crippen molar-refractivity contribution in [2.75, 3.05) is 19.7 Å². The minimum atomic E-state index is -0.729. The normalized spacial score (nSPS) is 39.0. The first-order valence-corrected chi connectivity index (χ1v) is 6.77. The molecular formula is C13H19NO4. The van der Waals surface area contributed by atoms with Crippen LogP contribution in [0.3, 0.4) is 0 Å². The summed E-state index contributed by atoms with van der Waals surface area (Å²) in [4.78, 5) is 25.5. The predicted molar refractivity (Wildman–Crippen MR) is 63.0 cm³/mol. The molecule has 1 saturated carbocycles. The van der Waals surface area contributed by atoms with Gasteiger partial charge in [0.15, 0.2) is 0 Å². The monoisotopic (exact) mass is 253 g/mol. The molecule has 5 heteroatoms. The summed E-state index contributed by atoms with van der Waals surface area (Å²) in [5.74, 6) is -0.587. The summed E-state index contributed by atoms with van der Waals surface area (Å²) < 4.78 is 5.40. The van der Waals surface area contributed by atoms with Crippen molar-refractivity contribution >= 4 is 11.9 Å². The summed E-state index contributed by atoms with van der Waals surface area (Å²) in [5, 5.41) is 9.47. The van der Waals surface area contributed by atoms with Gasteiger partial charge in [-0.25, -0.2) is 0 Å². The maximum atomic E-state index is 12.3. The number of aliphatic carboxylic acids is 1. The van der Waals surface area contributed by atoms with Gasteiger partial charge in [0.2, 0.25) is 0 Å². The van der Waals surface area contributed by atoms with E-state index in [2.05, 4.69) is 0 Å². The van der Waals surface area contributed by atoms with E-state index < -0.39 is 11.4 Å². The Labute approximate surface area is 106 Å². The van der Waals surface area contributed by atoms with E-state index in [9.17, 15) is 14.7 Å². The first-order chi connectivity index (χ1) is 8.63. The molecule has 3 atom stereocenters. The van der Waals surface area contributed by atoms with Gasteiger partial charge in [0.1, 0.15) is 6.10 Å². The van der Waals surface area contributed by atoms with Gasteiger partial charge in [0, 0.05) is 19.7 Å². The summed E-state index contributed by atoms with van der Waals surface area (Å²) in [5.41, 5.74) is -0.672. The summed E-state index contributed by atoms with van der Waals surface area (Å²) in [6, 6.07) is 0. The lowest BCUT2D eigenvalue weighted by Gasteiger charge is -2.24. The van der Waals surface area contributed by atoms with Crippen molar-refractivity contribution in [2.45, 2.75) is 38.2 Å². The lowest BCUT2D eigenvalue weighted by Crippen LogP contribution is -2.40. The highest BCUT2D eigenvalue weighted by atomic mass is 16.5. The van der Waals surface area contributed by atoms with Gasteiger partial charge in [0.05, 0.1) is 5.41 Å². The molecule has 5 nitrogen and oxygen atoms in total. The molecule has 0 aromatic carbocycles. The number of carbonyl (C=O) groups is 2. The van der Waals surface area contributed by atoms with Crippen LogP contribution in [0.4, 0.5) is 0 Å². The van der Waals surface area contributed by atoms with Gasteiger partial charge in [-0.1, -0.05) is 6.42 Å². The zero-order valence-corrected chi connectivity index (χ0v) is 10.4. The third-order valence-corrected chi connectivity index (χ3v) is 4.81. The van der Waals surface area contributed by atoms with Crippen LogP contribution < -0.4 is 0 Å².